The molecule has 3 aromatic rings. The molecule has 0 spiro atoms. The van der Waals surface area contributed by atoms with Gasteiger partial charge in [0.15, 0.2) is 0 Å². The van der Waals surface area contributed by atoms with Crippen molar-refractivity contribution in [3.63, 3.8) is 0 Å². The maximum Gasteiger partial charge on any atom is 0.261 e. The van der Waals surface area contributed by atoms with Gasteiger partial charge in [-0.05, 0) is 49.8 Å². The van der Waals surface area contributed by atoms with Crippen LogP contribution in [0.2, 0.25) is 0 Å². The maximum absolute atomic E-state index is 13.1. The van der Waals surface area contributed by atoms with Crippen LogP contribution in [0.4, 0.5) is 0 Å². The van der Waals surface area contributed by atoms with Crippen LogP contribution in [0.5, 0.6) is 0 Å². The smallest absolute Gasteiger partial charge is 0.261 e. The molecule has 1 aliphatic heterocycles. The van der Waals surface area contributed by atoms with Gasteiger partial charge in [-0.25, -0.2) is 0 Å². The van der Waals surface area contributed by atoms with Gasteiger partial charge in [0.05, 0.1) is 0 Å². The van der Waals surface area contributed by atoms with E-state index in [1.165, 1.54) is 4.90 Å². The molecular formula is C24H20N2O2. The maximum atomic E-state index is 13.1. The van der Waals surface area contributed by atoms with Crippen LogP contribution in [0.25, 0.3) is 10.8 Å². The van der Waals surface area contributed by atoms with Crippen molar-refractivity contribution in [1.29, 1.82) is 0 Å². The Labute approximate surface area is 164 Å². The van der Waals surface area contributed by atoms with Crippen LogP contribution in [0, 0.1) is 11.8 Å². The van der Waals surface area contributed by atoms with Crippen LogP contribution in [-0.2, 0) is 0 Å². The van der Waals surface area contributed by atoms with Crippen LogP contribution in [-0.4, -0.2) is 48.8 Å². The Bertz CT molecular complexity index is 1140. The Morgan fingerprint density at radius 2 is 1.54 bits per heavy atom. The lowest BCUT2D eigenvalue weighted by Crippen LogP contribution is -2.43. The van der Waals surface area contributed by atoms with E-state index in [0.717, 1.165) is 21.9 Å². The minimum Gasteiger partial charge on any atom is -0.308 e. The summed E-state index contributed by atoms with van der Waals surface area (Å²) < 4.78 is 0. The number of nitrogens with zero attached hydrogens (tertiary/aromatic N) is 2. The minimum absolute atomic E-state index is 0.229. The molecule has 0 aromatic heterocycles. The van der Waals surface area contributed by atoms with Crippen LogP contribution < -0.4 is 0 Å². The van der Waals surface area contributed by atoms with E-state index in [2.05, 4.69) is 11.8 Å². The molecule has 28 heavy (non-hydrogen) atoms. The van der Waals surface area contributed by atoms with Crippen molar-refractivity contribution in [3.8, 4) is 11.8 Å². The summed E-state index contributed by atoms with van der Waals surface area (Å²) in [6.45, 7) is 0.983. The monoisotopic (exact) mass is 368 g/mol. The Balaban J connectivity index is 1.81. The number of imide groups is 1. The summed E-state index contributed by atoms with van der Waals surface area (Å²) in [5.74, 6) is 5.81. The van der Waals surface area contributed by atoms with Gasteiger partial charge >= 0.3 is 0 Å². The average Bonchev–Trinajstić information content (AvgIpc) is 2.70. The SMILES string of the molecule is CN(C)CCN1C(=O)c2cccc3cc(C#Cc4ccccc4)cc(c23)C1=O. The summed E-state index contributed by atoms with van der Waals surface area (Å²) >= 11 is 0. The third-order valence-corrected chi connectivity index (χ3v) is 4.82. The number of carbonyl (C=O) groups excluding carboxylic acids is 2. The van der Waals surface area contributed by atoms with E-state index < -0.39 is 0 Å². The lowest BCUT2D eigenvalue weighted by molar-refractivity contribution is 0.0601. The largest absolute Gasteiger partial charge is 0.308 e. The lowest BCUT2D eigenvalue weighted by atomic mass is 9.92. The van der Waals surface area contributed by atoms with Crippen LogP contribution in [0.1, 0.15) is 31.8 Å². The van der Waals surface area contributed by atoms with E-state index in [-0.39, 0.29) is 11.8 Å². The normalized spacial score (nSPS) is 13.0. The van der Waals surface area contributed by atoms with E-state index in [1.54, 1.807) is 12.1 Å². The molecule has 1 aliphatic rings. The van der Waals surface area contributed by atoms with E-state index in [0.29, 0.717) is 24.2 Å². The number of hydrogen-bond donors (Lipinski definition) is 0. The number of rotatable bonds is 3. The van der Waals surface area contributed by atoms with E-state index in [1.807, 2.05) is 67.5 Å². The average molecular weight is 368 g/mol. The third-order valence-electron chi connectivity index (χ3n) is 4.82. The molecule has 0 saturated carbocycles. The summed E-state index contributed by atoms with van der Waals surface area (Å²) in [6, 6.07) is 19.0. The number of benzene rings is 3. The first-order chi connectivity index (χ1) is 13.5. The van der Waals surface area contributed by atoms with Crippen molar-refractivity contribution in [2.24, 2.45) is 0 Å². The van der Waals surface area contributed by atoms with Crippen molar-refractivity contribution in [2.45, 2.75) is 0 Å². The molecule has 0 saturated heterocycles. The summed E-state index contributed by atoms with van der Waals surface area (Å²) in [5.41, 5.74) is 2.80. The second-order valence-electron chi connectivity index (χ2n) is 7.11. The first-order valence-electron chi connectivity index (χ1n) is 9.19. The first-order valence-corrected chi connectivity index (χ1v) is 9.19. The molecule has 0 radical (unpaired) electrons. The zero-order valence-electron chi connectivity index (χ0n) is 15.9. The quantitative estimate of drug-likeness (QED) is 0.526. The van der Waals surface area contributed by atoms with Gasteiger partial charge in [0, 0.05) is 40.7 Å². The third kappa shape index (κ3) is 3.28. The molecule has 3 aromatic carbocycles. The van der Waals surface area contributed by atoms with Gasteiger partial charge in [-0.2, -0.15) is 0 Å². The highest BCUT2D eigenvalue weighted by Crippen LogP contribution is 2.31. The molecule has 4 nitrogen and oxygen atoms in total. The second-order valence-corrected chi connectivity index (χ2v) is 7.11. The van der Waals surface area contributed by atoms with Gasteiger partial charge in [0.1, 0.15) is 0 Å². The molecule has 0 atom stereocenters. The van der Waals surface area contributed by atoms with Crippen molar-refractivity contribution in [1.82, 2.24) is 9.80 Å². The summed E-state index contributed by atoms with van der Waals surface area (Å²) in [4.78, 5) is 29.3. The molecule has 0 bridgehead atoms. The van der Waals surface area contributed by atoms with Gasteiger partial charge in [-0.15, -0.1) is 0 Å². The molecule has 0 fully saturated rings. The predicted molar refractivity (Wildman–Crippen MR) is 110 cm³/mol. The lowest BCUT2D eigenvalue weighted by Gasteiger charge is -2.28. The van der Waals surface area contributed by atoms with Crippen molar-refractivity contribution in [2.75, 3.05) is 27.2 Å². The minimum atomic E-state index is -0.251. The van der Waals surface area contributed by atoms with E-state index in [9.17, 15) is 9.59 Å². The number of likely N-dealkylation sites (N-methyl/N-ethyl adjacent to an activating group) is 1. The van der Waals surface area contributed by atoms with E-state index in [4.69, 9.17) is 0 Å². The van der Waals surface area contributed by atoms with Crippen LogP contribution >= 0.6 is 0 Å². The molecule has 138 valence electrons. The fraction of sp³-hybridized carbons (Fsp3) is 0.167. The Morgan fingerprint density at radius 1 is 0.821 bits per heavy atom. The molecule has 2 amide bonds. The van der Waals surface area contributed by atoms with E-state index >= 15 is 0 Å². The predicted octanol–water partition coefficient (Wildman–Crippen LogP) is 3.40. The summed E-state index contributed by atoms with van der Waals surface area (Å²) in [5, 5.41) is 1.59. The Hall–Kier alpha value is -3.42. The van der Waals surface area contributed by atoms with Crippen LogP contribution in [0.15, 0.2) is 60.7 Å². The van der Waals surface area contributed by atoms with Crippen LogP contribution in [0.3, 0.4) is 0 Å². The first kappa shape index (κ1) is 18.0. The molecule has 0 N–H and O–H groups in total. The number of carbonyl (C=O) groups is 2. The van der Waals surface area contributed by atoms with Gasteiger partial charge in [-0.1, -0.05) is 42.2 Å². The molecule has 0 aliphatic carbocycles. The molecular weight excluding hydrogens is 348 g/mol. The molecule has 1 heterocycles. The highest BCUT2D eigenvalue weighted by atomic mass is 16.2. The van der Waals surface area contributed by atoms with Gasteiger partial charge < -0.3 is 4.90 Å². The Kier molecular flexibility index (Phi) is 4.68. The zero-order chi connectivity index (χ0) is 19.7. The number of hydrogen-bond acceptors (Lipinski definition) is 3. The van der Waals surface area contributed by atoms with Crippen molar-refractivity contribution < 1.29 is 9.59 Å². The highest BCUT2D eigenvalue weighted by Gasteiger charge is 2.32. The number of amides is 2. The summed E-state index contributed by atoms with van der Waals surface area (Å²) in [7, 11) is 3.84. The fourth-order valence-electron chi connectivity index (χ4n) is 3.40. The van der Waals surface area contributed by atoms with Gasteiger partial charge in [-0.3, -0.25) is 14.5 Å². The Morgan fingerprint density at radius 3 is 2.29 bits per heavy atom. The standard InChI is InChI=1S/C24H20N2O2/c1-25(2)13-14-26-23(27)20-10-6-9-19-15-18(16-21(22(19)20)24(26)28)12-11-17-7-4-3-5-8-17/h3-10,15-16H,13-14H2,1-2H3. The molecule has 4 rings (SSSR count). The van der Waals surface area contributed by atoms with Crippen molar-refractivity contribution >= 4 is 22.6 Å². The highest BCUT2D eigenvalue weighted by molar-refractivity contribution is 6.25. The second kappa shape index (κ2) is 7.30. The summed E-state index contributed by atoms with van der Waals surface area (Å²) in [6.07, 6.45) is 0. The molecule has 0 unspecified atom stereocenters. The van der Waals surface area contributed by atoms with Gasteiger partial charge in [0.25, 0.3) is 11.8 Å². The topological polar surface area (TPSA) is 40.6 Å². The molecule has 4 heteroatoms. The van der Waals surface area contributed by atoms with Gasteiger partial charge in [0.2, 0.25) is 0 Å². The fourth-order valence-corrected chi connectivity index (χ4v) is 3.40. The van der Waals surface area contributed by atoms with Crippen molar-refractivity contribution in [3.05, 3.63) is 82.9 Å². The zero-order valence-corrected chi connectivity index (χ0v) is 15.9.